The van der Waals surface area contributed by atoms with Crippen LogP contribution in [0.4, 0.5) is 11.8 Å². The number of aromatic nitrogens is 5. The molecule has 10 nitrogen and oxygen atoms in total. The van der Waals surface area contributed by atoms with Crippen LogP contribution in [0.25, 0.3) is 27.7 Å². The summed E-state index contributed by atoms with van der Waals surface area (Å²) in [5, 5.41) is 13.0. The monoisotopic (exact) mass is 476 g/mol. The van der Waals surface area contributed by atoms with Gasteiger partial charge in [0.25, 0.3) is 5.56 Å². The van der Waals surface area contributed by atoms with Gasteiger partial charge in [0.05, 0.1) is 36.4 Å². The number of pyridine rings is 1. The summed E-state index contributed by atoms with van der Waals surface area (Å²) >= 11 is 0. The van der Waals surface area contributed by atoms with Crippen LogP contribution in [-0.2, 0) is 6.54 Å². The molecule has 0 fully saturated rings. The van der Waals surface area contributed by atoms with Gasteiger partial charge in [0.15, 0.2) is 0 Å². The number of methoxy groups -OCH3 is 1. The Labute approximate surface area is 205 Å². The summed E-state index contributed by atoms with van der Waals surface area (Å²) in [6.45, 7) is 0.110. The summed E-state index contributed by atoms with van der Waals surface area (Å²) in [6, 6.07) is 20.4. The second kappa shape index (κ2) is 9.52. The molecule has 0 spiro atoms. The SMILES string of the molecule is COc1cc(-c2cccc3nc(CNc4nc(N)ncc4C#N)n(-c4ccccc4)c(=O)c23)ccn1. The minimum atomic E-state index is -0.239. The second-order valence-corrected chi connectivity index (χ2v) is 7.75. The Hall–Kier alpha value is -5.30. The highest BCUT2D eigenvalue weighted by Crippen LogP contribution is 2.28. The molecule has 3 heterocycles. The molecular weight excluding hydrogens is 456 g/mol. The molecule has 0 unspecified atom stereocenters. The van der Waals surface area contributed by atoms with E-state index in [2.05, 4.69) is 20.3 Å². The molecule has 3 aromatic heterocycles. The fourth-order valence-electron chi connectivity index (χ4n) is 3.94. The molecule has 2 aromatic carbocycles. The molecule has 176 valence electrons. The first-order valence-corrected chi connectivity index (χ1v) is 11.0. The third-order valence-corrected chi connectivity index (χ3v) is 5.58. The summed E-state index contributed by atoms with van der Waals surface area (Å²) in [7, 11) is 1.54. The number of benzene rings is 2. The van der Waals surface area contributed by atoms with E-state index in [0.29, 0.717) is 33.9 Å². The molecule has 0 saturated carbocycles. The van der Waals surface area contributed by atoms with Gasteiger partial charge in [0.1, 0.15) is 23.3 Å². The van der Waals surface area contributed by atoms with E-state index in [9.17, 15) is 10.1 Å². The van der Waals surface area contributed by atoms with Crippen molar-refractivity contribution >= 4 is 22.7 Å². The number of nitrogen functional groups attached to an aromatic ring is 1. The number of rotatable bonds is 6. The Kier molecular flexibility index (Phi) is 5.95. The number of nitrogens with two attached hydrogens (primary N) is 1. The van der Waals surface area contributed by atoms with Gasteiger partial charge in [0.2, 0.25) is 11.8 Å². The molecule has 0 aliphatic rings. The van der Waals surface area contributed by atoms with Gasteiger partial charge in [0, 0.05) is 12.3 Å². The predicted molar refractivity (Wildman–Crippen MR) is 136 cm³/mol. The Morgan fingerprint density at radius 3 is 2.69 bits per heavy atom. The number of fused-ring (bicyclic) bond motifs is 1. The number of nitriles is 1. The average Bonchev–Trinajstić information content (AvgIpc) is 2.92. The Morgan fingerprint density at radius 2 is 1.92 bits per heavy atom. The van der Waals surface area contributed by atoms with Crippen LogP contribution in [0.15, 0.2) is 77.9 Å². The first-order valence-electron chi connectivity index (χ1n) is 11.0. The molecule has 10 heteroatoms. The minimum Gasteiger partial charge on any atom is -0.481 e. The van der Waals surface area contributed by atoms with Gasteiger partial charge < -0.3 is 15.8 Å². The topological polar surface area (TPSA) is 145 Å². The lowest BCUT2D eigenvalue weighted by molar-refractivity contribution is 0.398. The van der Waals surface area contributed by atoms with E-state index in [4.69, 9.17) is 15.5 Å². The van der Waals surface area contributed by atoms with Gasteiger partial charge in [-0.3, -0.25) is 9.36 Å². The number of nitrogens with zero attached hydrogens (tertiary/aromatic N) is 6. The normalized spacial score (nSPS) is 10.7. The zero-order valence-corrected chi connectivity index (χ0v) is 19.2. The van der Waals surface area contributed by atoms with E-state index >= 15 is 0 Å². The maximum Gasteiger partial charge on any atom is 0.266 e. The summed E-state index contributed by atoms with van der Waals surface area (Å²) in [5.41, 5.74) is 8.37. The number of ether oxygens (including phenoxy) is 1. The predicted octanol–water partition coefficient (Wildman–Crippen LogP) is 3.31. The van der Waals surface area contributed by atoms with Crippen LogP contribution in [0.1, 0.15) is 11.4 Å². The van der Waals surface area contributed by atoms with Crippen molar-refractivity contribution in [3.63, 3.8) is 0 Å². The number of para-hydroxylation sites is 1. The first-order chi connectivity index (χ1) is 17.6. The zero-order valence-electron chi connectivity index (χ0n) is 19.2. The first kappa shape index (κ1) is 22.5. The third-order valence-electron chi connectivity index (χ3n) is 5.58. The van der Waals surface area contributed by atoms with E-state index in [-0.39, 0.29) is 29.4 Å². The van der Waals surface area contributed by atoms with Crippen molar-refractivity contribution in [3.05, 3.63) is 94.8 Å². The molecule has 0 aliphatic heterocycles. The van der Waals surface area contributed by atoms with Crippen molar-refractivity contribution in [2.45, 2.75) is 6.54 Å². The lowest BCUT2D eigenvalue weighted by Gasteiger charge is -2.16. The standard InChI is InChI=1S/C26H20N8O2/c1-36-22-12-16(10-11-29-22)19-8-5-9-20-23(19)25(35)34(18-6-3-2-4-7-18)21(32-20)15-30-24-17(13-27)14-31-26(28)33-24/h2-12,14H,15H2,1H3,(H3,28,30,31,33). The van der Waals surface area contributed by atoms with Crippen molar-refractivity contribution in [2.75, 3.05) is 18.2 Å². The highest BCUT2D eigenvalue weighted by Gasteiger charge is 2.17. The van der Waals surface area contributed by atoms with E-state index in [1.165, 1.54) is 6.20 Å². The Bertz CT molecular complexity index is 1680. The molecule has 5 aromatic rings. The van der Waals surface area contributed by atoms with Crippen LogP contribution in [-0.4, -0.2) is 31.6 Å². The van der Waals surface area contributed by atoms with E-state index < -0.39 is 0 Å². The van der Waals surface area contributed by atoms with Gasteiger partial charge in [-0.15, -0.1) is 0 Å². The van der Waals surface area contributed by atoms with Gasteiger partial charge in [-0.1, -0.05) is 30.3 Å². The lowest BCUT2D eigenvalue weighted by atomic mass is 10.0. The number of anilines is 2. The maximum absolute atomic E-state index is 14.0. The zero-order chi connectivity index (χ0) is 25.1. The van der Waals surface area contributed by atoms with E-state index in [1.54, 1.807) is 30.0 Å². The maximum atomic E-state index is 14.0. The molecule has 0 radical (unpaired) electrons. The van der Waals surface area contributed by atoms with Crippen molar-refractivity contribution in [2.24, 2.45) is 0 Å². The fourth-order valence-corrected chi connectivity index (χ4v) is 3.94. The second-order valence-electron chi connectivity index (χ2n) is 7.75. The van der Waals surface area contributed by atoms with Gasteiger partial charge in [-0.05, 0) is 35.4 Å². The summed E-state index contributed by atoms with van der Waals surface area (Å²) in [4.78, 5) is 31.0. The summed E-state index contributed by atoms with van der Waals surface area (Å²) in [5.74, 6) is 1.17. The van der Waals surface area contributed by atoms with Gasteiger partial charge in [-0.25, -0.2) is 15.0 Å². The molecule has 3 N–H and O–H groups in total. The van der Waals surface area contributed by atoms with Gasteiger partial charge >= 0.3 is 0 Å². The quantitative estimate of drug-likeness (QED) is 0.377. The van der Waals surface area contributed by atoms with Crippen molar-refractivity contribution in [1.29, 1.82) is 5.26 Å². The smallest absolute Gasteiger partial charge is 0.266 e. The molecule has 0 amide bonds. The van der Waals surface area contributed by atoms with E-state index in [1.807, 2.05) is 54.6 Å². The highest BCUT2D eigenvalue weighted by molar-refractivity contribution is 5.94. The van der Waals surface area contributed by atoms with Crippen molar-refractivity contribution < 1.29 is 4.74 Å². The van der Waals surface area contributed by atoms with Crippen molar-refractivity contribution in [3.8, 4) is 28.8 Å². The van der Waals surface area contributed by atoms with Crippen LogP contribution < -0.4 is 21.3 Å². The Balaban J connectivity index is 1.70. The largest absolute Gasteiger partial charge is 0.481 e. The number of hydrogen-bond donors (Lipinski definition) is 2. The fraction of sp³-hybridized carbons (Fsp3) is 0.0769. The number of hydrogen-bond acceptors (Lipinski definition) is 9. The number of nitrogens with one attached hydrogen (secondary N) is 1. The van der Waals surface area contributed by atoms with Crippen molar-refractivity contribution in [1.82, 2.24) is 24.5 Å². The van der Waals surface area contributed by atoms with Crippen LogP contribution in [0.2, 0.25) is 0 Å². The highest BCUT2D eigenvalue weighted by atomic mass is 16.5. The molecule has 5 rings (SSSR count). The van der Waals surface area contributed by atoms with Crippen LogP contribution in [0, 0.1) is 11.3 Å². The van der Waals surface area contributed by atoms with E-state index in [0.717, 1.165) is 5.56 Å². The summed E-state index contributed by atoms with van der Waals surface area (Å²) in [6.07, 6.45) is 2.98. The van der Waals surface area contributed by atoms with Crippen LogP contribution >= 0.6 is 0 Å². The molecular formula is C26H20N8O2. The molecule has 0 aliphatic carbocycles. The lowest BCUT2D eigenvalue weighted by Crippen LogP contribution is -2.26. The molecule has 0 saturated heterocycles. The molecule has 36 heavy (non-hydrogen) atoms. The summed E-state index contributed by atoms with van der Waals surface area (Å²) < 4.78 is 6.82. The third kappa shape index (κ3) is 4.17. The minimum absolute atomic E-state index is 0.0286. The average molecular weight is 477 g/mol. The van der Waals surface area contributed by atoms with Crippen LogP contribution in [0.5, 0.6) is 5.88 Å². The van der Waals surface area contributed by atoms with Crippen LogP contribution in [0.3, 0.4) is 0 Å². The molecule has 0 bridgehead atoms. The Morgan fingerprint density at radius 1 is 1.08 bits per heavy atom. The van der Waals surface area contributed by atoms with Gasteiger partial charge in [-0.2, -0.15) is 10.2 Å². The molecule has 0 atom stereocenters.